The molecule has 1 unspecified atom stereocenters. The molecule has 4 rings (SSSR count). The number of nitrogens with zero attached hydrogens (tertiary/aromatic N) is 2. The van der Waals surface area contributed by atoms with E-state index in [4.69, 9.17) is 0 Å². The van der Waals surface area contributed by atoms with Gasteiger partial charge in [0.15, 0.2) is 0 Å². The van der Waals surface area contributed by atoms with E-state index in [1.54, 1.807) is 0 Å². The van der Waals surface area contributed by atoms with Crippen molar-refractivity contribution < 1.29 is 0 Å². The van der Waals surface area contributed by atoms with Gasteiger partial charge in [-0.3, -0.25) is 0 Å². The lowest BCUT2D eigenvalue weighted by Crippen LogP contribution is -2.43. The van der Waals surface area contributed by atoms with E-state index in [1.807, 2.05) is 0 Å². The number of likely N-dealkylation sites (N-methyl/N-ethyl adjacent to an activating group) is 2. The number of para-hydroxylation sites is 2. The Morgan fingerprint density at radius 3 is 1.86 bits per heavy atom. The van der Waals surface area contributed by atoms with Gasteiger partial charge in [0.1, 0.15) is 0 Å². The number of anilines is 2. The maximum atomic E-state index is 2.58. The molecule has 0 saturated carbocycles. The Hall–Kier alpha value is -3.00. The van der Waals surface area contributed by atoms with E-state index in [2.05, 4.69) is 142 Å². The molecule has 0 amide bonds. The van der Waals surface area contributed by atoms with Crippen molar-refractivity contribution in [3.63, 3.8) is 0 Å². The molecular weight excluding hydrogens is 448 g/mol. The molecule has 0 fully saturated rings. The fourth-order valence-corrected chi connectivity index (χ4v) is 7.19. The smallest absolute Gasteiger partial charge is 0.0573 e. The summed E-state index contributed by atoms with van der Waals surface area (Å²) in [6, 6.07) is 18.4. The molecule has 2 heteroatoms. The van der Waals surface area contributed by atoms with Crippen molar-refractivity contribution in [3.8, 4) is 0 Å². The van der Waals surface area contributed by atoms with E-state index in [0.717, 1.165) is 38.8 Å². The van der Waals surface area contributed by atoms with Crippen LogP contribution in [-0.4, -0.2) is 19.1 Å². The minimum atomic E-state index is 0.102. The van der Waals surface area contributed by atoms with Crippen molar-refractivity contribution in [3.05, 3.63) is 108 Å². The first-order valence-corrected chi connectivity index (χ1v) is 14.5. The summed E-state index contributed by atoms with van der Waals surface area (Å²) in [5.41, 5.74) is 7.49. The van der Waals surface area contributed by atoms with Crippen LogP contribution in [0.2, 0.25) is 0 Å². The van der Waals surface area contributed by atoms with Crippen LogP contribution in [0.25, 0.3) is 0 Å². The van der Waals surface area contributed by atoms with Crippen molar-refractivity contribution in [2.75, 3.05) is 22.9 Å². The first-order valence-electron chi connectivity index (χ1n) is 14.5. The molecule has 2 aromatic rings. The summed E-state index contributed by atoms with van der Waals surface area (Å²) in [7, 11) is 0. The quantitative estimate of drug-likeness (QED) is 0.304. The van der Waals surface area contributed by atoms with Gasteiger partial charge in [-0.1, -0.05) is 101 Å². The van der Waals surface area contributed by atoms with Gasteiger partial charge in [0.25, 0.3) is 0 Å². The summed E-state index contributed by atoms with van der Waals surface area (Å²) in [6.45, 7) is 15.9. The molecule has 0 aliphatic carbocycles. The highest BCUT2D eigenvalue weighted by Crippen LogP contribution is 2.52. The van der Waals surface area contributed by atoms with Gasteiger partial charge in [-0.2, -0.15) is 0 Å². The highest BCUT2D eigenvalue weighted by Gasteiger charge is 2.46. The number of fused-ring (bicyclic) bond motifs is 2. The van der Waals surface area contributed by atoms with Crippen molar-refractivity contribution >= 4 is 11.4 Å². The van der Waals surface area contributed by atoms with E-state index in [1.165, 1.54) is 28.2 Å². The number of rotatable bonds is 10. The molecule has 2 aliphatic rings. The van der Waals surface area contributed by atoms with E-state index >= 15 is 0 Å². The number of allylic oxidation sites excluding steroid dienone is 7. The Balaban J connectivity index is 1.54. The molecule has 1 atom stereocenters. The molecule has 0 N–H and O–H groups in total. The normalized spacial score (nSPS) is 21.1. The van der Waals surface area contributed by atoms with Gasteiger partial charge in [0, 0.05) is 41.0 Å². The Labute approximate surface area is 226 Å². The monoisotopic (exact) mass is 494 g/mol. The van der Waals surface area contributed by atoms with Crippen molar-refractivity contribution in [1.29, 1.82) is 0 Å². The second-order valence-corrected chi connectivity index (χ2v) is 10.4. The van der Waals surface area contributed by atoms with Gasteiger partial charge in [0.2, 0.25) is 0 Å². The maximum absolute atomic E-state index is 2.58. The lowest BCUT2D eigenvalue weighted by molar-refractivity contribution is 0.369. The third-order valence-electron chi connectivity index (χ3n) is 9.26. The van der Waals surface area contributed by atoms with Crippen LogP contribution in [0.15, 0.2) is 96.8 Å². The Kier molecular flexibility index (Phi) is 8.47. The zero-order chi connectivity index (χ0) is 26.5. The zero-order valence-corrected chi connectivity index (χ0v) is 23.9. The summed E-state index contributed by atoms with van der Waals surface area (Å²) < 4.78 is 0. The van der Waals surface area contributed by atoms with Gasteiger partial charge in [-0.25, -0.2) is 0 Å². The predicted octanol–water partition coefficient (Wildman–Crippen LogP) is 9.10. The van der Waals surface area contributed by atoms with Crippen molar-refractivity contribution in [2.45, 2.75) is 84.1 Å². The summed E-state index contributed by atoms with van der Waals surface area (Å²) >= 11 is 0. The number of hydrogen-bond acceptors (Lipinski definition) is 2. The summed E-state index contributed by atoms with van der Waals surface area (Å²) in [5, 5.41) is 0. The maximum Gasteiger partial charge on any atom is 0.0573 e. The molecule has 196 valence electrons. The largest absolute Gasteiger partial charge is 0.364 e. The molecule has 37 heavy (non-hydrogen) atoms. The molecule has 0 spiro atoms. The Morgan fingerprint density at radius 1 is 0.649 bits per heavy atom. The minimum absolute atomic E-state index is 0.102. The summed E-state index contributed by atoms with van der Waals surface area (Å²) in [4.78, 5) is 5.08. The minimum Gasteiger partial charge on any atom is -0.364 e. The fourth-order valence-electron chi connectivity index (χ4n) is 7.19. The third kappa shape index (κ3) is 4.39. The Morgan fingerprint density at radius 2 is 1.24 bits per heavy atom. The van der Waals surface area contributed by atoms with Crippen LogP contribution in [-0.2, 0) is 10.8 Å². The molecule has 2 nitrogen and oxygen atoms in total. The van der Waals surface area contributed by atoms with Crippen LogP contribution >= 0.6 is 0 Å². The summed E-state index contributed by atoms with van der Waals surface area (Å²) in [6.07, 6.45) is 20.3. The second-order valence-electron chi connectivity index (χ2n) is 10.4. The zero-order valence-electron chi connectivity index (χ0n) is 23.9. The highest BCUT2D eigenvalue weighted by atomic mass is 15.2. The molecular formula is C35H46N2. The molecule has 0 radical (unpaired) electrons. The van der Waals surface area contributed by atoms with Gasteiger partial charge in [0.05, 0.1) is 6.04 Å². The van der Waals surface area contributed by atoms with Crippen LogP contribution in [0, 0.1) is 0 Å². The van der Waals surface area contributed by atoms with Crippen LogP contribution in [0.3, 0.4) is 0 Å². The van der Waals surface area contributed by atoms with E-state index in [9.17, 15) is 0 Å². The first kappa shape index (κ1) is 27.0. The highest BCUT2D eigenvalue weighted by molar-refractivity contribution is 5.71. The van der Waals surface area contributed by atoms with E-state index in [0.29, 0.717) is 6.04 Å². The Bertz CT molecular complexity index is 1170. The lowest BCUT2D eigenvalue weighted by Gasteiger charge is -2.36. The molecule has 0 aromatic heterocycles. The van der Waals surface area contributed by atoms with Gasteiger partial charge >= 0.3 is 0 Å². The van der Waals surface area contributed by atoms with Gasteiger partial charge < -0.3 is 9.80 Å². The van der Waals surface area contributed by atoms with Crippen LogP contribution in [0.1, 0.15) is 78.4 Å². The molecule has 0 bridgehead atoms. The first-order chi connectivity index (χ1) is 18.1. The predicted molar refractivity (Wildman–Crippen MR) is 163 cm³/mol. The van der Waals surface area contributed by atoms with Gasteiger partial charge in [-0.05, 0) is 68.9 Å². The number of hydrogen-bond donors (Lipinski definition) is 0. The lowest BCUT2D eigenvalue weighted by atomic mass is 9.72. The SMILES string of the molecule is CCN1/C(=C/C=C/C=C/C=C/C2N(CC)c3ccccc3C2(CC)CC)C(CC)(CC)c2ccccc21. The van der Waals surface area contributed by atoms with Crippen molar-refractivity contribution in [2.24, 2.45) is 0 Å². The topological polar surface area (TPSA) is 6.48 Å². The summed E-state index contributed by atoms with van der Waals surface area (Å²) in [5.74, 6) is 0. The van der Waals surface area contributed by atoms with Crippen molar-refractivity contribution in [1.82, 2.24) is 0 Å². The standard InChI is InChI=1S/C35H46N2/c1-7-34(8-2)28-22-18-20-24-30(28)36(11-5)32(34)26-16-14-13-15-17-27-33-35(9-3,10-4)29-23-19-21-25-31(29)37(33)12-6/h13-27,32H,7-12H2,1-6H3/b14-13+,17-15+,26-16+,33-27+. The number of benzene rings is 2. The average Bonchev–Trinajstić information content (AvgIpc) is 3.38. The van der Waals surface area contributed by atoms with Crippen LogP contribution in [0.5, 0.6) is 0 Å². The van der Waals surface area contributed by atoms with E-state index < -0.39 is 0 Å². The fraction of sp³-hybridized carbons (Fsp3) is 0.429. The molecule has 0 saturated heterocycles. The average molecular weight is 495 g/mol. The second kappa shape index (κ2) is 11.6. The third-order valence-corrected chi connectivity index (χ3v) is 9.26. The van der Waals surface area contributed by atoms with Gasteiger partial charge in [-0.15, -0.1) is 0 Å². The molecule has 2 heterocycles. The van der Waals surface area contributed by atoms with Crippen LogP contribution < -0.4 is 9.80 Å². The molecule has 2 aliphatic heterocycles. The van der Waals surface area contributed by atoms with Crippen LogP contribution in [0.4, 0.5) is 11.4 Å². The molecule has 2 aromatic carbocycles. The van der Waals surface area contributed by atoms with E-state index in [-0.39, 0.29) is 10.8 Å².